The van der Waals surface area contributed by atoms with Crippen molar-refractivity contribution in [3.8, 4) is 0 Å². The molecule has 0 aromatic carbocycles. The number of rotatable bonds is 5. The van der Waals surface area contributed by atoms with Gasteiger partial charge in [-0.1, -0.05) is 0 Å². The Bertz CT molecular complexity index is 548. The molecule has 0 spiro atoms. The molecule has 1 atom stereocenters. The topological polar surface area (TPSA) is 111 Å². The van der Waals surface area contributed by atoms with E-state index in [9.17, 15) is 14.4 Å². The summed E-state index contributed by atoms with van der Waals surface area (Å²) in [6.45, 7) is 7.00. The second-order valence-electron chi connectivity index (χ2n) is 4.52. The molecule has 0 saturated carbocycles. The summed E-state index contributed by atoms with van der Waals surface area (Å²) in [6, 6.07) is -0.690. The SMILES string of the molecule is CCNC(=O)C(C)NC(=O)c1c(C)[nH]c(C(=O)O)c1C. The number of carbonyl (C=O) groups excluding carboxylic acids is 2. The standard InChI is InChI=1S/C13H19N3O4/c1-5-14-11(17)8(4)16-12(18)9-6(2)10(13(19)20)15-7(9)3/h8,15H,5H2,1-4H3,(H,14,17)(H,16,18)(H,19,20). The molecule has 0 radical (unpaired) electrons. The zero-order chi connectivity index (χ0) is 15.4. The summed E-state index contributed by atoms with van der Waals surface area (Å²) in [6.07, 6.45) is 0. The van der Waals surface area contributed by atoms with Gasteiger partial charge in [0.05, 0.1) is 5.56 Å². The van der Waals surface area contributed by atoms with Crippen molar-refractivity contribution in [2.24, 2.45) is 0 Å². The Morgan fingerprint density at radius 1 is 1.30 bits per heavy atom. The lowest BCUT2D eigenvalue weighted by molar-refractivity contribution is -0.122. The number of aromatic carboxylic acids is 1. The van der Waals surface area contributed by atoms with Crippen LogP contribution in [0.15, 0.2) is 0 Å². The van der Waals surface area contributed by atoms with E-state index in [2.05, 4.69) is 15.6 Å². The van der Waals surface area contributed by atoms with Crippen LogP contribution in [0.5, 0.6) is 0 Å². The molecule has 2 amide bonds. The maximum atomic E-state index is 12.1. The van der Waals surface area contributed by atoms with E-state index in [0.717, 1.165) is 0 Å². The first-order valence-corrected chi connectivity index (χ1v) is 6.30. The number of amides is 2. The molecule has 1 unspecified atom stereocenters. The van der Waals surface area contributed by atoms with E-state index in [-0.39, 0.29) is 17.2 Å². The van der Waals surface area contributed by atoms with Crippen LogP contribution in [0, 0.1) is 13.8 Å². The van der Waals surface area contributed by atoms with Crippen LogP contribution in [0.1, 0.15) is 46.0 Å². The molecule has 0 saturated heterocycles. The van der Waals surface area contributed by atoms with Crippen molar-refractivity contribution in [2.45, 2.75) is 33.7 Å². The maximum absolute atomic E-state index is 12.1. The van der Waals surface area contributed by atoms with Gasteiger partial charge in [-0.05, 0) is 33.3 Å². The Kier molecular flexibility index (Phi) is 4.90. The van der Waals surface area contributed by atoms with E-state index in [1.54, 1.807) is 27.7 Å². The molecule has 1 heterocycles. The number of aromatic nitrogens is 1. The van der Waals surface area contributed by atoms with Gasteiger partial charge in [-0.15, -0.1) is 0 Å². The molecule has 7 nitrogen and oxygen atoms in total. The summed E-state index contributed by atoms with van der Waals surface area (Å²) in [5.41, 5.74) is 1.06. The van der Waals surface area contributed by atoms with Crippen LogP contribution >= 0.6 is 0 Å². The van der Waals surface area contributed by atoms with E-state index in [1.807, 2.05) is 0 Å². The van der Waals surface area contributed by atoms with Gasteiger partial charge in [0, 0.05) is 12.2 Å². The average molecular weight is 281 g/mol. The van der Waals surface area contributed by atoms with Crippen molar-refractivity contribution in [2.75, 3.05) is 6.54 Å². The third kappa shape index (κ3) is 3.17. The van der Waals surface area contributed by atoms with Crippen molar-refractivity contribution >= 4 is 17.8 Å². The second kappa shape index (κ2) is 6.23. The quantitative estimate of drug-likeness (QED) is 0.632. The van der Waals surface area contributed by atoms with Crippen LogP contribution in [-0.4, -0.2) is 40.5 Å². The molecule has 0 bridgehead atoms. The fourth-order valence-corrected chi connectivity index (χ4v) is 1.97. The summed E-state index contributed by atoms with van der Waals surface area (Å²) in [5, 5.41) is 14.1. The highest BCUT2D eigenvalue weighted by Crippen LogP contribution is 2.17. The third-order valence-corrected chi connectivity index (χ3v) is 2.97. The number of hydrogen-bond acceptors (Lipinski definition) is 3. The smallest absolute Gasteiger partial charge is 0.352 e. The van der Waals surface area contributed by atoms with Gasteiger partial charge in [-0.3, -0.25) is 9.59 Å². The number of nitrogens with one attached hydrogen (secondary N) is 3. The van der Waals surface area contributed by atoms with Crippen LogP contribution in [0.2, 0.25) is 0 Å². The number of carbonyl (C=O) groups is 3. The molecule has 0 aliphatic heterocycles. The number of likely N-dealkylation sites (N-methyl/N-ethyl adjacent to an activating group) is 1. The summed E-state index contributed by atoms with van der Waals surface area (Å²) in [7, 11) is 0. The molecular weight excluding hydrogens is 262 g/mol. The van der Waals surface area contributed by atoms with Crippen LogP contribution in [0.3, 0.4) is 0 Å². The van der Waals surface area contributed by atoms with Crippen molar-refractivity contribution in [3.05, 3.63) is 22.5 Å². The summed E-state index contributed by atoms with van der Waals surface area (Å²) in [4.78, 5) is 37.4. The summed E-state index contributed by atoms with van der Waals surface area (Å²) < 4.78 is 0. The molecule has 1 aromatic rings. The molecule has 4 N–H and O–H groups in total. The number of aryl methyl sites for hydroxylation is 1. The van der Waals surface area contributed by atoms with Gasteiger partial charge in [-0.25, -0.2) is 4.79 Å². The highest BCUT2D eigenvalue weighted by Gasteiger charge is 2.23. The third-order valence-electron chi connectivity index (χ3n) is 2.97. The van der Waals surface area contributed by atoms with Crippen LogP contribution < -0.4 is 10.6 Å². The minimum Gasteiger partial charge on any atom is -0.477 e. The van der Waals surface area contributed by atoms with Gasteiger partial charge in [0.15, 0.2) is 0 Å². The van der Waals surface area contributed by atoms with Gasteiger partial charge in [0.25, 0.3) is 5.91 Å². The monoisotopic (exact) mass is 281 g/mol. The highest BCUT2D eigenvalue weighted by atomic mass is 16.4. The second-order valence-corrected chi connectivity index (χ2v) is 4.52. The van der Waals surface area contributed by atoms with Crippen LogP contribution in [-0.2, 0) is 4.79 Å². The lowest BCUT2D eigenvalue weighted by Crippen LogP contribution is -2.44. The van der Waals surface area contributed by atoms with E-state index in [1.165, 1.54) is 0 Å². The number of H-pyrrole nitrogens is 1. The first-order chi connectivity index (χ1) is 9.29. The molecule has 0 fully saturated rings. The predicted molar refractivity (Wildman–Crippen MR) is 72.8 cm³/mol. The number of hydrogen-bond donors (Lipinski definition) is 4. The van der Waals surface area contributed by atoms with E-state index < -0.39 is 17.9 Å². The van der Waals surface area contributed by atoms with Crippen LogP contribution in [0.4, 0.5) is 0 Å². The van der Waals surface area contributed by atoms with Gasteiger partial charge < -0.3 is 20.7 Å². The lowest BCUT2D eigenvalue weighted by atomic mass is 10.1. The van der Waals surface area contributed by atoms with Crippen molar-refractivity contribution in [3.63, 3.8) is 0 Å². The van der Waals surface area contributed by atoms with Gasteiger partial charge in [0.1, 0.15) is 11.7 Å². The van der Waals surface area contributed by atoms with Crippen molar-refractivity contribution in [1.29, 1.82) is 0 Å². The first kappa shape index (κ1) is 15.7. The fourth-order valence-electron chi connectivity index (χ4n) is 1.97. The number of carboxylic acid groups (broad SMARTS) is 1. The van der Waals surface area contributed by atoms with E-state index in [0.29, 0.717) is 17.8 Å². The Labute approximate surface area is 116 Å². The zero-order valence-electron chi connectivity index (χ0n) is 12.0. The Morgan fingerprint density at radius 3 is 2.35 bits per heavy atom. The molecule has 20 heavy (non-hydrogen) atoms. The minimum atomic E-state index is -1.12. The predicted octanol–water partition coefficient (Wildman–Crippen LogP) is 0.584. The number of carboxylic acids is 1. The molecule has 110 valence electrons. The Hall–Kier alpha value is -2.31. The van der Waals surface area contributed by atoms with Gasteiger partial charge >= 0.3 is 5.97 Å². The van der Waals surface area contributed by atoms with Crippen molar-refractivity contribution in [1.82, 2.24) is 15.6 Å². The highest BCUT2D eigenvalue weighted by molar-refractivity contribution is 6.02. The van der Waals surface area contributed by atoms with E-state index in [4.69, 9.17) is 5.11 Å². The number of aromatic amines is 1. The Balaban J connectivity index is 2.93. The molecule has 0 aliphatic carbocycles. The first-order valence-electron chi connectivity index (χ1n) is 6.30. The zero-order valence-corrected chi connectivity index (χ0v) is 12.0. The maximum Gasteiger partial charge on any atom is 0.352 e. The molecule has 0 aliphatic rings. The molecular formula is C13H19N3O4. The van der Waals surface area contributed by atoms with Gasteiger partial charge in [-0.2, -0.15) is 0 Å². The van der Waals surface area contributed by atoms with E-state index >= 15 is 0 Å². The fraction of sp³-hybridized carbons (Fsp3) is 0.462. The minimum absolute atomic E-state index is 0.0155. The molecule has 1 aromatic heterocycles. The normalized spacial score (nSPS) is 11.8. The Morgan fingerprint density at radius 2 is 1.90 bits per heavy atom. The lowest BCUT2D eigenvalue weighted by Gasteiger charge is -2.13. The van der Waals surface area contributed by atoms with Gasteiger partial charge in [0.2, 0.25) is 5.91 Å². The molecule has 1 rings (SSSR count). The average Bonchev–Trinajstić information content (AvgIpc) is 2.65. The van der Waals surface area contributed by atoms with Crippen LogP contribution in [0.25, 0.3) is 0 Å². The molecule has 7 heteroatoms. The summed E-state index contributed by atoms with van der Waals surface area (Å²) in [5.74, 6) is -1.88. The van der Waals surface area contributed by atoms with Crippen molar-refractivity contribution < 1.29 is 19.5 Å². The summed E-state index contributed by atoms with van der Waals surface area (Å²) >= 11 is 0. The largest absolute Gasteiger partial charge is 0.477 e.